The van der Waals surface area contributed by atoms with Gasteiger partial charge in [0.25, 0.3) is 0 Å². The maximum Gasteiger partial charge on any atom is 0.187 e. The summed E-state index contributed by atoms with van der Waals surface area (Å²) in [4.78, 5) is 4.54. The minimum atomic E-state index is 0.669. The quantitative estimate of drug-likeness (QED) is 0.653. The van der Waals surface area contributed by atoms with Crippen molar-refractivity contribution in [2.24, 2.45) is 0 Å². The number of anilines is 2. The molecule has 100 valence electrons. The van der Waals surface area contributed by atoms with Gasteiger partial charge in [-0.25, -0.2) is 4.98 Å². The van der Waals surface area contributed by atoms with Gasteiger partial charge in [0, 0.05) is 16.0 Å². The van der Waals surface area contributed by atoms with Gasteiger partial charge < -0.3 is 5.32 Å². The van der Waals surface area contributed by atoms with E-state index in [9.17, 15) is 0 Å². The van der Waals surface area contributed by atoms with E-state index in [1.54, 1.807) is 0 Å². The van der Waals surface area contributed by atoms with Crippen LogP contribution in [0.3, 0.4) is 0 Å². The molecule has 2 aromatic carbocycles. The summed E-state index contributed by atoms with van der Waals surface area (Å²) >= 11 is 13.8. The number of thiazole rings is 1. The van der Waals surface area contributed by atoms with Crippen LogP contribution in [0, 0.1) is 0 Å². The Bertz CT molecular complexity index is 740. The van der Waals surface area contributed by atoms with E-state index in [0.29, 0.717) is 10.0 Å². The average Bonchev–Trinajstić information content (AvgIpc) is 2.90. The lowest BCUT2D eigenvalue weighted by Crippen LogP contribution is -1.90. The molecule has 3 aromatic rings. The number of hydrogen-bond donors (Lipinski definition) is 1. The van der Waals surface area contributed by atoms with Crippen molar-refractivity contribution < 1.29 is 0 Å². The summed E-state index contributed by atoms with van der Waals surface area (Å²) in [5.74, 6) is 0. The van der Waals surface area contributed by atoms with E-state index in [4.69, 9.17) is 23.2 Å². The van der Waals surface area contributed by atoms with Crippen molar-refractivity contribution in [2.75, 3.05) is 5.32 Å². The van der Waals surface area contributed by atoms with Crippen LogP contribution in [0.1, 0.15) is 0 Å². The molecule has 0 aliphatic carbocycles. The van der Waals surface area contributed by atoms with Gasteiger partial charge in [-0.15, -0.1) is 11.3 Å². The number of hydrogen-bond acceptors (Lipinski definition) is 3. The average molecular weight is 321 g/mol. The van der Waals surface area contributed by atoms with Crippen LogP contribution in [0.5, 0.6) is 0 Å². The molecule has 1 N–H and O–H groups in total. The Labute approximate surface area is 131 Å². The molecule has 0 unspecified atom stereocenters. The first-order valence-electron chi connectivity index (χ1n) is 5.96. The molecule has 0 atom stereocenters. The van der Waals surface area contributed by atoms with Gasteiger partial charge in [-0.3, -0.25) is 0 Å². The molecule has 0 saturated carbocycles. The lowest BCUT2D eigenvalue weighted by Gasteiger charge is -2.04. The van der Waals surface area contributed by atoms with Crippen LogP contribution < -0.4 is 5.32 Å². The molecule has 1 heterocycles. The standard InChI is InChI=1S/C15H10Cl2N2S/c16-11-6-2-1-5-10(11)14-9-20-15(19-14)18-13-8-4-3-7-12(13)17/h1-9H,(H,18,19). The molecule has 20 heavy (non-hydrogen) atoms. The molecule has 0 saturated heterocycles. The molecule has 0 aliphatic heterocycles. The number of halogens is 2. The predicted molar refractivity (Wildman–Crippen MR) is 87.3 cm³/mol. The van der Waals surface area contributed by atoms with Gasteiger partial charge in [-0.2, -0.15) is 0 Å². The number of benzene rings is 2. The maximum absolute atomic E-state index is 6.18. The van der Waals surface area contributed by atoms with Gasteiger partial charge in [0.15, 0.2) is 5.13 Å². The van der Waals surface area contributed by atoms with Crippen LogP contribution in [0.2, 0.25) is 10.0 Å². The van der Waals surface area contributed by atoms with Crippen molar-refractivity contribution in [2.45, 2.75) is 0 Å². The van der Waals surface area contributed by atoms with Crippen LogP contribution in [-0.2, 0) is 0 Å². The predicted octanol–water partition coefficient (Wildman–Crippen LogP) is 5.86. The van der Waals surface area contributed by atoms with Gasteiger partial charge in [-0.1, -0.05) is 53.5 Å². The third kappa shape index (κ3) is 2.80. The lowest BCUT2D eigenvalue weighted by atomic mass is 10.2. The zero-order valence-electron chi connectivity index (χ0n) is 10.3. The molecule has 0 spiro atoms. The Morgan fingerprint density at radius 1 is 0.900 bits per heavy atom. The minimum absolute atomic E-state index is 0.669. The smallest absolute Gasteiger partial charge is 0.187 e. The zero-order valence-corrected chi connectivity index (χ0v) is 12.6. The fourth-order valence-corrected chi connectivity index (χ4v) is 2.94. The molecule has 0 fully saturated rings. The summed E-state index contributed by atoms with van der Waals surface area (Å²) in [7, 11) is 0. The van der Waals surface area contributed by atoms with Crippen molar-refractivity contribution in [1.29, 1.82) is 0 Å². The summed E-state index contributed by atoms with van der Waals surface area (Å²) in [5.41, 5.74) is 2.63. The third-order valence-electron chi connectivity index (χ3n) is 2.77. The Morgan fingerprint density at radius 2 is 1.60 bits per heavy atom. The number of nitrogens with one attached hydrogen (secondary N) is 1. The summed E-state index contributed by atoms with van der Waals surface area (Å²) in [6.45, 7) is 0. The monoisotopic (exact) mass is 320 g/mol. The van der Waals surface area contributed by atoms with Crippen molar-refractivity contribution in [3.8, 4) is 11.3 Å². The second-order valence-corrected chi connectivity index (χ2v) is 5.80. The molecule has 2 nitrogen and oxygen atoms in total. The Hall–Kier alpha value is -1.55. The van der Waals surface area contributed by atoms with E-state index in [1.807, 2.05) is 53.9 Å². The van der Waals surface area contributed by atoms with Crippen LogP contribution >= 0.6 is 34.5 Å². The summed E-state index contributed by atoms with van der Waals surface area (Å²) in [6.07, 6.45) is 0. The van der Waals surface area contributed by atoms with E-state index in [1.165, 1.54) is 11.3 Å². The molecule has 0 radical (unpaired) electrons. The SMILES string of the molecule is Clc1ccccc1Nc1nc(-c2ccccc2Cl)cs1. The minimum Gasteiger partial charge on any atom is -0.330 e. The van der Waals surface area contributed by atoms with Crippen LogP contribution in [0.4, 0.5) is 10.8 Å². The van der Waals surface area contributed by atoms with Crippen molar-refractivity contribution >= 4 is 45.4 Å². The summed E-state index contributed by atoms with van der Waals surface area (Å²) in [5, 5.41) is 7.34. The topological polar surface area (TPSA) is 24.9 Å². The van der Waals surface area contributed by atoms with Crippen molar-refractivity contribution in [3.63, 3.8) is 0 Å². The number of aromatic nitrogens is 1. The van der Waals surface area contributed by atoms with E-state index in [-0.39, 0.29) is 0 Å². The molecular formula is C15H10Cl2N2S. The molecule has 5 heteroatoms. The largest absolute Gasteiger partial charge is 0.330 e. The maximum atomic E-state index is 6.18. The Morgan fingerprint density at radius 3 is 2.35 bits per heavy atom. The first-order chi connectivity index (χ1) is 9.74. The highest BCUT2D eigenvalue weighted by Crippen LogP contribution is 2.32. The zero-order chi connectivity index (χ0) is 13.9. The van der Waals surface area contributed by atoms with Crippen LogP contribution in [-0.4, -0.2) is 4.98 Å². The fraction of sp³-hybridized carbons (Fsp3) is 0. The van der Waals surface area contributed by atoms with E-state index in [2.05, 4.69) is 10.3 Å². The normalized spacial score (nSPS) is 10.5. The van der Waals surface area contributed by atoms with Crippen molar-refractivity contribution in [1.82, 2.24) is 4.98 Å². The van der Waals surface area contributed by atoms with Gasteiger partial charge >= 0.3 is 0 Å². The molecular weight excluding hydrogens is 311 g/mol. The second-order valence-electron chi connectivity index (χ2n) is 4.12. The molecule has 0 aliphatic rings. The van der Waals surface area contributed by atoms with Gasteiger partial charge in [0.2, 0.25) is 0 Å². The fourth-order valence-electron chi connectivity index (χ4n) is 1.80. The molecule has 0 bridgehead atoms. The highest BCUT2D eigenvalue weighted by atomic mass is 35.5. The summed E-state index contributed by atoms with van der Waals surface area (Å²) < 4.78 is 0. The van der Waals surface area contributed by atoms with Crippen molar-refractivity contribution in [3.05, 3.63) is 64.0 Å². The lowest BCUT2D eigenvalue weighted by molar-refractivity contribution is 1.38. The molecule has 1 aromatic heterocycles. The third-order valence-corrected chi connectivity index (χ3v) is 4.19. The second kappa shape index (κ2) is 5.83. The van der Waals surface area contributed by atoms with E-state index >= 15 is 0 Å². The van der Waals surface area contributed by atoms with Gasteiger partial charge in [0.1, 0.15) is 0 Å². The molecule has 3 rings (SSSR count). The Balaban J connectivity index is 1.88. The molecule has 0 amide bonds. The number of para-hydroxylation sites is 1. The summed E-state index contributed by atoms with van der Waals surface area (Å²) in [6, 6.07) is 15.2. The van der Waals surface area contributed by atoms with E-state index in [0.717, 1.165) is 22.1 Å². The highest BCUT2D eigenvalue weighted by molar-refractivity contribution is 7.14. The van der Waals surface area contributed by atoms with Gasteiger partial charge in [-0.05, 0) is 18.2 Å². The first-order valence-corrected chi connectivity index (χ1v) is 7.59. The highest BCUT2D eigenvalue weighted by Gasteiger charge is 2.08. The van der Waals surface area contributed by atoms with Gasteiger partial charge in [0.05, 0.1) is 16.4 Å². The van der Waals surface area contributed by atoms with Crippen LogP contribution in [0.15, 0.2) is 53.9 Å². The van der Waals surface area contributed by atoms with E-state index < -0.39 is 0 Å². The number of rotatable bonds is 3. The Kier molecular flexibility index (Phi) is 3.92. The van der Waals surface area contributed by atoms with Crippen LogP contribution in [0.25, 0.3) is 11.3 Å². The first kappa shape index (κ1) is 13.4. The number of nitrogens with zero attached hydrogens (tertiary/aromatic N) is 1.